The molecule has 5 rings (SSSR count). The van der Waals surface area contributed by atoms with E-state index in [0.717, 1.165) is 48.8 Å². The van der Waals surface area contributed by atoms with Crippen molar-refractivity contribution in [2.24, 2.45) is 5.92 Å². The Hall–Kier alpha value is -3.04. The first-order valence-corrected chi connectivity index (χ1v) is 16.2. The molecule has 3 aromatic rings. The van der Waals surface area contributed by atoms with Gasteiger partial charge in [-0.05, 0) is 79.7 Å². The van der Waals surface area contributed by atoms with Crippen molar-refractivity contribution >= 4 is 15.9 Å². The molecule has 0 saturated carbocycles. The minimum absolute atomic E-state index is 0.0816. The summed E-state index contributed by atoms with van der Waals surface area (Å²) >= 11 is 0. The van der Waals surface area contributed by atoms with Crippen molar-refractivity contribution in [1.82, 2.24) is 19.4 Å². The van der Waals surface area contributed by atoms with E-state index in [4.69, 9.17) is 0 Å². The van der Waals surface area contributed by atoms with Gasteiger partial charge < -0.3 is 5.32 Å². The highest BCUT2D eigenvalue weighted by Crippen LogP contribution is 2.20. The number of piperazine rings is 1. The number of piperidine rings is 1. The average Bonchev–Trinajstić information content (AvgIpc) is 2.98. The number of hydrogen-bond donors (Lipinski definition) is 1. The molecule has 7 nitrogen and oxygen atoms in total. The van der Waals surface area contributed by atoms with Gasteiger partial charge >= 0.3 is 0 Å². The Kier molecular flexibility index (Phi) is 9.55. The molecular formula is C33H42N4O3S. The largest absolute Gasteiger partial charge is 0.348 e. The fourth-order valence-corrected chi connectivity index (χ4v) is 7.03. The van der Waals surface area contributed by atoms with E-state index in [2.05, 4.69) is 46.3 Å². The number of hydrogen-bond acceptors (Lipinski definition) is 5. The summed E-state index contributed by atoms with van der Waals surface area (Å²) in [5, 5.41) is 3.06. The van der Waals surface area contributed by atoms with Gasteiger partial charge in [0.1, 0.15) is 0 Å². The van der Waals surface area contributed by atoms with Gasteiger partial charge in [-0.2, -0.15) is 4.31 Å². The third-order valence-corrected chi connectivity index (χ3v) is 10.3. The Morgan fingerprint density at radius 3 is 2.07 bits per heavy atom. The number of amides is 1. The number of sulfonamides is 1. The normalized spacial score (nSPS) is 17.9. The zero-order valence-electron chi connectivity index (χ0n) is 24.3. The number of rotatable bonds is 9. The zero-order valence-corrected chi connectivity index (χ0v) is 25.1. The van der Waals surface area contributed by atoms with Crippen LogP contribution in [0.3, 0.4) is 0 Å². The fourth-order valence-electron chi connectivity index (χ4n) is 5.61. The first kappa shape index (κ1) is 29.5. The molecule has 1 N–H and O–H groups in total. The molecule has 8 heteroatoms. The molecule has 0 aliphatic carbocycles. The molecule has 0 aromatic heterocycles. The van der Waals surface area contributed by atoms with Crippen LogP contribution in [-0.2, 0) is 29.7 Å². The zero-order chi connectivity index (χ0) is 28.8. The van der Waals surface area contributed by atoms with E-state index in [9.17, 15) is 13.2 Å². The molecule has 0 bridgehead atoms. The number of nitrogens with zero attached hydrogens (tertiary/aromatic N) is 3. The topological polar surface area (TPSA) is 73.0 Å². The minimum atomic E-state index is -3.47. The molecule has 1 amide bonds. The Bertz CT molecular complexity index is 1410. The molecule has 0 spiro atoms. The molecule has 2 saturated heterocycles. The van der Waals surface area contributed by atoms with Crippen LogP contribution in [0.25, 0.3) is 0 Å². The Balaban J connectivity index is 1.08. The molecule has 3 aromatic carbocycles. The summed E-state index contributed by atoms with van der Waals surface area (Å²) in [5.74, 6) is 0.746. The van der Waals surface area contributed by atoms with Gasteiger partial charge in [0, 0.05) is 51.4 Å². The smallest absolute Gasteiger partial charge is 0.251 e. The van der Waals surface area contributed by atoms with Crippen LogP contribution in [0.1, 0.15) is 52.4 Å². The molecule has 2 aliphatic heterocycles. The third-order valence-electron chi connectivity index (χ3n) is 8.34. The summed E-state index contributed by atoms with van der Waals surface area (Å²) in [6.07, 6.45) is 2.54. The molecule has 0 atom stereocenters. The predicted octanol–water partition coefficient (Wildman–Crippen LogP) is 4.66. The van der Waals surface area contributed by atoms with Crippen molar-refractivity contribution in [3.63, 3.8) is 0 Å². The maximum absolute atomic E-state index is 13.0. The van der Waals surface area contributed by atoms with Crippen LogP contribution in [0.2, 0.25) is 0 Å². The highest BCUT2D eigenvalue weighted by atomic mass is 32.2. The van der Waals surface area contributed by atoms with Gasteiger partial charge in [0.15, 0.2) is 0 Å². The van der Waals surface area contributed by atoms with Crippen LogP contribution in [0.5, 0.6) is 0 Å². The van der Waals surface area contributed by atoms with E-state index in [1.54, 1.807) is 16.4 Å². The van der Waals surface area contributed by atoms with Gasteiger partial charge in [0.05, 0.1) is 4.90 Å². The van der Waals surface area contributed by atoms with E-state index in [0.29, 0.717) is 43.2 Å². The molecule has 41 heavy (non-hydrogen) atoms. The maximum atomic E-state index is 13.0. The number of aryl methyl sites for hydroxylation is 1. The van der Waals surface area contributed by atoms with Crippen molar-refractivity contribution in [2.75, 3.05) is 39.3 Å². The lowest BCUT2D eigenvalue weighted by atomic mass is 9.98. The minimum Gasteiger partial charge on any atom is -0.348 e. The average molecular weight is 575 g/mol. The molecular weight excluding hydrogens is 532 g/mol. The van der Waals surface area contributed by atoms with Gasteiger partial charge in [-0.15, -0.1) is 0 Å². The quantitative estimate of drug-likeness (QED) is 0.403. The number of benzene rings is 3. The molecule has 2 heterocycles. The van der Waals surface area contributed by atoms with Crippen LogP contribution in [-0.4, -0.2) is 67.7 Å². The summed E-state index contributed by atoms with van der Waals surface area (Å²) in [4.78, 5) is 18.0. The van der Waals surface area contributed by atoms with Crippen LogP contribution < -0.4 is 5.32 Å². The van der Waals surface area contributed by atoms with E-state index in [1.165, 1.54) is 18.4 Å². The van der Waals surface area contributed by atoms with Gasteiger partial charge in [-0.25, -0.2) is 8.42 Å². The number of nitrogens with one attached hydrogen (secondary N) is 1. The molecule has 0 unspecified atom stereocenters. The van der Waals surface area contributed by atoms with E-state index in [1.807, 2.05) is 43.3 Å². The highest BCUT2D eigenvalue weighted by molar-refractivity contribution is 7.89. The number of likely N-dealkylation sites (tertiary alicyclic amines) is 1. The third kappa shape index (κ3) is 7.83. The monoisotopic (exact) mass is 574 g/mol. The molecule has 2 fully saturated rings. The van der Waals surface area contributed by atoms with Gasteiger partial charge in [-0.1, -0.05) is 61.0 Å². The SMILES string of the molecule is Cc1ccc(S(=O)(=O)N2CCN(Cc3ccc(C(=O)NCc4cccc(CN5CCC(C)CC5)c4)cc3)CC2)cc1. The Morgan fingerprint density at radius 1 is 0.780 bits per heavy atom. The van der Waals surface area contributed by atoms with Gasteiger partial charge in [0.2, 0.25) is 10.0 Å². The second kappa shape index (κ2) is 13.3. The summed E-state index contributed by atoms with van der Waals surface area (Å²) in [7, 11) is -3.47. The van der Waals surface area contributed by atoms with Crippen molar-refractivity contribution in [2.45, 2.75) is 51.2 Å². The maximum Gasteiger partial charge on any atom is 0.251 e. The summed E-state index contributed by atoms with van der Waals surface area (Å²) < 4.78 is 27.5. The lowest BCUT2D eigenvalue weighted by molar-refractivity contribution is 0.0951. The van der Waals surface area contributed by atoms with Crippen molar-refractivity contribution < 1.29 is 13.2 Å². The van der Waals surface area contributed by atoms with E-state index in [-0.39, 0.29) is 5.91 Å². The highest BCUT2D eigenvalue weighted by Gasteiger charge is 2.28. The second-order valence-corrected chi connectivity index (χ2v) is 13.6. The summed E-state index contributed by atoms with van der Waals surface area (Å²) in [6, 6.07) is 23.3. The van der Waals surface area contributed by atoms with Crippen LogP contribution >= 0.6 is 0 Å². The fraction of sp³-hybridized carbons (Fsp3) is 0.424. The molecule has 2 aliphatic rings. The predicted molar refractivity (Wildman–Crippen MR) is 163 cm³/mol. The number of carbonyl (C=O) groups excluding carboxylic acids is 1. The summed E-state index contributed by atoms with van der Waals surface area (Å²) in [5.41, 5.74) is 5.20. The second-order valence-electron chi connectivity index (χ2n) is 11.7. The lowest BCUT2D eigenvalue weighted by Gasteiger charge is -2.34. The van der Waals surface area contributed by atoms with Crippen LogP contribution in [0, 0.1) is 12.8 Å². The molecule has 0 radical (unpaired) electrons. The summed E-state index contributed by atoms with van der Waals surface area (Å²) in [6.45, 7) is 11.1. The van der Waals surface area contributed by atoms with Gasteiger partial charge in [-0.3, -0.25) is 14.6 Å². The first-order chi connectivity index (χ1) is 19.8. The number of carbonyl (C=O) groups is 1. The standard InChI is InChI=1S/C33H42N4O3S/c1-26-6-12-32(13-7-26)41(39,40)37-20-18-36(19-21-37)24-28-8-10-31(11-9-28)33(38)34-23-29-4-3-5-30(22-29)25-35-16-14-27(2)15-17-35/h3-13,22,27H,14-21,23-25H2,1-2H3,(H,34,38). The van der Waals surface area contributed by atoms with Gasteiger partial charge in [0.25, 0.3) is 5.91 Å². The van der Waals surface area contributed by atoms with Crippen molar-refractivity contribution in [3.05, 3.63) is 101 Å². The van der Waals surface area contributed by atoms with Crippen LogP contribution in [0.4, 0.5) is 0 Å². The molecule has 218 valence electrons. The van der Waals surface area contributed by atoms with E-state index < -0.39 is 10.0 Å². The first-order valence-electron chi connectivity index (χ1n) is 14.7. The van der Waals surface area contributed by atoms with Crippen molar-refractivity contribution in [3.8, 4) is 0 Å². The van der Waals surface area contributed by atoms with Crippen LogP contribution in [0.15, 0.2) is 77.7 Å². The van der Waals surface area contributed by atoms with E-state index >= 15 is 0 Å². The Labute approximate surface area is 245 Å². The Morgan fingerprint density at radius 2 is 1.39 bits per heavy atom. The van der Waals surface area contributed by atoms with Crippen molar-refractivity contribution in [1.29, 1.82) is 0 Å². The lowest BCUT2D eigenvalue weighted by Crippen LogP contribution is -2.48.